The fraction of sp³-hybridized carbons (Fsp3) is 1.00. The normalized spacial score (nSPS) is 24.0. The minimum absolute atomic E-state index is 0.124. The highest BCUT2D eigenvalue weighted by Gasteiger charge is 2.17. The van der Waals surface area contributed by atoms with E-state index < -0.39 is 0 Å². The van der Waals surface area contributed by atoms with Crippen LogP contribution in [0.4, 0.5) is 0 Å². The summed E-state index contributed by atoms with van der Waals surface area (Å²) in [5, 5.41) is 11.8. The maximum absolute atomic E-state index is 8.53. The molecule has 0 radical (unpaired) electrons. The zero-order valence-electron chi connectivity index (χ0n) is 9.04. The molecule has 0 saturated carbocycles. The van der Waals surface area contributed by atoms with Crippen LogP contribution >= 0.6 is 0 Å². The molecule has 1 saturated heterocycles. The smallest absolute Gasteiger partial charge is 0.0698 e. The number of hydrogen-bond donors (Lipinski definition) is 2. The van der Waals surface area contributed by atoms with Crippen molar-refractivity contribution in [2.45, 2.75) is 18.9 Å². The van der Waals surface area contributed by atoms with Gasteiger partial charge in [0.2, 0.25) is 0 Å². The first-order valence-corrected chi connectivity index (χ1v) is 5.45. The highest BCUT2D eigenvalue weighted by molar-refractivity contribution is 4.76. The van der Waals surface area contributed by atoms with E-state index in [1.165, 1.54) is 19.4 Å². The molecule has 1 fully saturated rings. The summed E-state index contributed by atoms with van der Waals surface area (Å²) in [5.41, 5.74) is 0. The van der Waals surface area contributed by atoms with Crippen LogP contribution in [0.15, 0.2) is 0 Å². The minimum atomic E-state index is 0.124. The van der Waals surface area contributed by atoms with E-state index >= 15 is 0 Å². The number of hydrogen-bond acceptors (Lipinski definition) is 4. The van der Waals surface area contributed by atoms with Crippen molar-refractivity contribution in [3.8, 4) is 0 Å². The first kappa shape index (κ1) is 11.9. The fourth-order valence-electron chi connectivity index (χ4n) is 1.85. The molecular formula is C10H22N2O2. The van der Waals surface area contributed by atoms with Crippen LogP contribution < -0.4 is 5.32 Å². The van der Waals surface area contributed by atoms with Crippen LogP contribution in [0.1, 0.15) is 12.8 Å². The van der Waals surface area contributed by atoms with E-state index in [1.807, 2.05) is 7.05 Å². The average Bonchev–Trinajstić information content (AvgIpc) is 2.25. The molecule has 4 nitrogen and oxygen atoms in total. The summed E-state index contributed by atoms with van der Waals surface area (Å²) in [6.45, 7) is 4.61. The van der Waals surface area contributed by atoms with E-state index in [4.69, 9.17) is 9.84 Å². The van der Waals surface area contributed by atoms with Gasteiger partial charge in [0.25, 0.3) is 0 Å². The lowest BCUT2D eigenvalue weighted by molar-refractivity contribution is 0.0660. The number of nitrogens with zero attached hydrogens (tertiary/aromatic N) is 1. The maximum atomic E-state index is 8.53. The Labute approximate surface area is 86.2 Å². The van der Waals surface area contributed by atoms with Gasteiger partial charge >= 0.3 is 0 Å². The topological polar surface area (TPSA) is 44.7 Å². The fourth-order valence-corrected chi connectivity index (χ4v) is 1.85. The molecule has 1 aliphatic heterocycles. The van der Waals surface area contributed by atoms with Crippen molar-refractivity contribution in [3.05, 3.63) is 0 Å². The third-order valence-corrected chi connectivity index (χ3v) is 2.70. The monoisotopic (exact) mass is 202 g/mol. The summed E-state index contributed by atoms with van der Waals surface area (Å²) in [4.78, 5) is 2.42. The SMILES string of the molecule is CNC1CCCN(CCOCCO)C1. The van der Waals surface area contributed by atoms with E-state index in [0.717, 1.165) is 19.7 Å². The van der Waals surface area contributed by atoms with E-state index in [9.17, 15) is 0 Å². The molecule has 0 amide bonds. The highest BCUT2D eigenvalue weighted by atomic mass is 16.5. The van der Waals surface area contributed by atoms with Gasteiger partial charge in [-0.05, 0) is 26.4 Å². The van der Waals surface area contributed by atoms with Crippen molar-refractivity contribution in [3.63, 3.8) is 0 Å². The average molecular weight is 202 g/mol. The quantitative estimate of drug-likeness (QED) is 0.579. The standard InChI is InChI=1S/C10H22N2O2/c1-11-10-3-2-4-12(9-10)5-7-14-8-6-13/h10-11,13H,2-9H2,1H3. The van der Waals surface area contributed by atoms with Gasteiger partial charge in [0, 0.05) is 19.1 Å². The maximum Gasteiger partial charge on any atom is 0.0698 e. The zero-order chi connectivity index (χ0) is 10.2. The molecule has 1 aliphatic rings. The molecule has 4 heteroatoms. The first-order chi connectivity index (χ1) is 6.86. The zero-order valence-corrected chi connectivity index (χ0v) is 9.04. The van der Waals surface area contributed by atoms with Crippen molar-refractivity contribution in [2.24, 2.45) is 0 Å². The summed E-state index contributed by atoms with van der Waals surface area (Å²) in [5.74, 6) is 0. The summed E-state index contributed by atoms with van der Waals surface area (Å²) in [7, 11) is 2.02. The first-order valence-electron chi connectivity index (χ1n) is 5.45. The number of ether oxygens (including phenoxy) is 1. The van der Waals surface area contributed by atoms with Gasteiger partial charge < -0.3 is 15.2 Å². The van der Waals surface area contributed by atoms with Gasteiger partial charge in [-0.2, -0.15) is 0 Å². The summed E-state index contributed by atoms with van der Waals surface area (Å²) in [6, 6.07) is 0.640. The molecule has 0 bridgehead atoms. The number of nitrogens with one attached hydrogen (secondary N) is 1. The number of aliphatic hydroxyl groups excluding tert-OH is 1. The Bertz CT molecular complexity index is 144. The van der Waals surface area contributed by atoms with Gasteiger partial charge in [0.15, 0.2) is 0 Å². The lowest BCUT2D eigenvalue weighted by Gasteiger charge is -2.32. The molecule has 1 heterocycles. The molecule has 0 aromatic rings. The molecule has 14 heavy (non-hydrogen) atoms. The van der Waals surface area contributed by atoms with Crippen molar-refractivity contribution in [1.82, 2.24) is 10.2 Å². The summed E-state index contributed by atoms with van der Waals surface area (Å²) >= 11 is 0. The van der Waals surface area contributed by atoms with Crippen molar-refractivity contribution in [1.29, 1.82) is 0 Å². The van der Waals surface area contributed by atoms with Crippen LogP contribution in [0.3, 0.4) is 0 Å². The van der Waals surface area contributed by atoms with Crippen LogP contribution in [0, 0.1) is 0 Å². The lowest BCUT2D eigenvalue weighted by Crippen LogP contribution is -2.45. The van der Waals surface area contributed by atoms with Crippen molar-refractivity contribution in [2.75, 3.05) is 46.5 Å². The Morgan fingerprint density at radius 2 is 2.36 bits per heavy atom. The predicted octanol–water partition coefficient (Wildman–Crippen LogP) is -0.321. The number of piperidine rings is 1. The number of likely N-dealkylation sites (N-methyl/N-ethyl adjacent to an activating group) is 1. The van der Waals surface area contributed by atoms with Gasteiger partial charge in [-0.3, -0.25) is 4.90 Å². The van der Waals surface area contributed by atoms with E-state index in [1.54, 1.807) is 0 Å². The third kappa shape index (κ3) is 4.37. The second-order valence-corrected chi connectivity index (χ2v) is 3.76. The van der Waals surface area contributed by atoms with Crippen LogP contribution in [0.2, 0.25) is 0 Å². The van der Waals surface area contributed by atoms with E-state index in [-0.39, 0.29) is 6.61 Å². The molecule has 0 aliphatic carbocycles. The van der Waals surface area contributed by atoms with Crippen LogP contribution in [0.5, 0.6) is 0 Å². The molecule has 0 aromatic carbocycles. The minimum Gasteiger partial charge on any atom is -0.394 e. The Morgan fingerprint density at radius 3 is 3.07 bits per heavy atom. The second kappa shape index (κ2) is 7.17. The Kier molecular flexibility index (Phi) is 6.10. The van der Waals surface area contributed by atoms with Gasteiger partial charge in [-0.1, -0.05) is 0 Å². The lowest BCUT2D eigenvalue weighted by atomic mass is 10.1. The second-order valence-electron chi connectivity index (χ2n) is 3.76. The van der Waals surface area contributed by atoms with Gasteiger partial charge in [-0.25, -0.2) is 0 Å². The Balaban J connectivity index is 2.05. The highest BCUT2D eigenvalue weighted by Crippen LogP contribution is 2.08. The Morgan fingerprint density at radius 1 is 1.50 bits per heavy atom. The van der Waals surface area contributed by atoms with Gasteiger partial charge in [-0.15, -0.1) is 0 Å². The number of aliphatic hydroxyl groups is 1. The van der Waals surface area contributed by atoms with Crippen molar-refractivity contribution >= 4 is 0 Å². The van der Waals surface area contributed by atoms with E-state index in [0.29, 0.717) is 12.6 Å². The molecule has 2 N–H and O–H groups in total. The number of rotatable bonds is 6. The molecule has 0 spiro atoms. The third-order valence-electron chi connectivity index (χ3n) is 2.70. The van der Waals surface area contributed by atoms with E-state index in [2.05, 4.69) is 10.2 Å². The molecule has 1 unspecified atom stereocenters. The van der Waals surface area contributed by atoms with Gasteiger partial charge in [0.05, 0.1) is 19.8 Å². The number of likely N-dealkylation sites (tertiary alicyclic amines) is 1. The summed E-state index contributed by atoms with van der Waals surface area (Å²) in [6.07, 6.45) is 2.55. The van der Waals surface area contributed by atoms with Crippen LogP contribution in [-0.4, -0.2) is 62.6 Å². The van der Waals surface area contributed by atoms with Crippen molar-refractivity contribution < 1.29 is 9.84 Å². The van der Waals surface area contributed by atoms with Gasteiger partial charge in [0.1, 0.15) is 0 Å². The molecule has 1 atom stereocenters. The van der Waals surface area contributed by atoms with Crippen LogP contribution in [0.25, 0.3) is 0 Å². The molecule has 0 aromatic heterocycles. The van der Waals surface area contributed by atoms with Crippen LogP contribution in [-0.2, 0) is 4.74 Å². The Hall–Kier alpha value is -0.160. The molecular weight excluding hydrogens is 180 g/mol. The predicted molar refractivity (Wildman–Crippen MR) is 56.4 cm³/mol. The summed E-state index contributed by atoms with van der Waals surface area (Å²) < 4.78 is 5.24. The largest absolute Gasteiger partial charge is 0.394 e. The molecule has 1 rings (SSSR count). The molecule has 84 valence electrons.